The third-order valence-corrected chi connectivity index (χ3v) is 2.53. The number of hydrogen-bond donors (Lipinski definition) is 4. The molecule has 1 amide bonds. The van der Waals surface area contributed by atoms with Crippen molar-refractivity contribution in [3.05, 3.63) is 0 Å². The van der Waals surface area contributed by atoms with Gasteiger partial charge in [0.05, 0.1) is 12.6 Å². The maximum Gasteiger partial charge on any atom is 0.221 e. The Balaban J connectivity index is 2.47. The Morgan fingerprint density at radius 2 is 2.20 bits per heavy atom. The number of carbonyl (C=O) groups excluding carboxylic acids is 1. The molecule has 1 heterocycles. The van der Waals surface area contributed by atoms with E-state index in [-0.39, 0.29) is 18.9 Å². The number of aliphatic hydroxyl groups excluding tert-OH is 2. The standard InChI is InChI=1S/C9H17FN2O3/c1-2-11-7(14)3-5-8(10)9(15)6(4-13)12-5/h5-6,8-9,12-13,15H,2-4H2,1H3,(H,11,14)/t5-,6-,8-,9-/m1/s1. The molecular weight excluding hydrogens is 203 g/mol. The molecule has 1 fully saturated rings. The summed E-state index contributed by atoms with van der Waals surface area (Å²) in [6.07, 6.45) is -2.78. The van der Waals surface area contributed by atoms with Crippen LogP contribution in [0, 0.1) is 0 Å². The third-order valence-electron chi connectivity index (χ3n) is 2.53. The Labute approximate surface area is 87.7 Å². The second kappa shape index (κ2) is 5.39. The summed E-state index contributed by atoms with van der Waals surface area (Å²) in [5, 5.41) is 23.4. The molecule has 1 aliphatic heterocycles. The number of carbonyl (C=O) groups is 1. The number of amides is 1. The van der Waals surface area contributed by atoms with E-state index in [0.717, 1.165) is 0 Å². The summed E-state index contributed by atoms with van der Waals surface area (Å²) in [6.45, 7) is 1.93. The minimum Gasteiger partial charge on any atom is -0.395 e. The second-order valence-electron chi connectivity index (χ2n) is 3.65. The van der Waals surface area contributed by atoms with Crippen LogP contribution in [0.5, 0.6) is 0 Å². The fourth-order valence-electron chi connectivity index (χ4n) is 1.73. The van der Waals surface area contributed by atoms with E-state index in [9.17, 15) is 14.3 Å². The van der Waals surface area contributed by atoms with Crippen LogP contribution in [-0.4, -0.2) is 53.6 Å². The van der Waals surface area contributed by atoms with Crippen molar-refractivity contribution in [1.82, 2.24) is 10.6 Å². The molecule has 0 bridgehead atoms. The zero-order chi connectivity index (χ0) is 11.4. The SMILES string of the molecule is CCNC(=O)C[C@H]1N[C@H](CO)[C@@H](O)[C@@H]1F. The summed E-state index contributed by atoms with van der Waals surface area (Å²) >= 11 is 0. The average Bonchev–Trinajstić information content (AvgIpc) is 2.46. The molecule has 6 heteroatoms. The maximum absolute atomic E-state index is 13.4. The van der Waals surface area contributed by atoms with Crippen molar-refractivity contribution >= 4 is 5.91 Å². The van der Waals surface area contributed by atoms with Crippen molar-refractivity contribution in [3.63, 3.8) is 0 Å². The fourth-order valence-corrected chi connectivity index (χ4v) is 1.73. The topological polar surface area (TPSA) is 81.6 Å². The lowest BCUT2D eigenvalue weighted by Gasteiger charge is -2.12. The van der Waals surface area contributed by atoms with E-state index in [4.69, 9.17) is 5.11 Å². The molecule has 0 radical (unpaired) electrons. The van der Waals surface area contributed by atoms with E-state index in [1.807, 2.05) is 0 Å². The highest BCUT2D eigenvalue weighted by atomic mass is 19.1. The summed E-state index contributed by atoms with van der Waals surface area (Å²) < 4.78 is 13.4. The minimum atomic E-state index is -1.51. The first-order valence-corrected chi connectivity index (χ1v) is 5.05. The quantitative estimate of drug-likeness (QED) is 0.467. The molecule has 5 nitrogen and oxygen atoms in total. The van der Waals surface area contributed by atoms with Crippen molar-refractivity contribution in [2.45, 2.75) is 37.7 Å². The number of nitrogens with one attached hydrogen (secondary N) is 2. The van der Waals surface area contributed by atoms with Crippen LogP contribution < -0.4 is 10.6 Å². The Bertz CT molecular complexity index is 227. The van der Waals surface area contributed by atoms with E-state index >= 15 is 0 Å². The van der Waals surface area contributed by atoms with Crippen molar-refractivity contribution in [2.75, 3.05) is 13.2 Å². The number of aliphatic hydroxyl groups is 2. The van der Waals surface area contributed by atoms with Gasteiger partial charge in [0.25, 0.3) is 0 Å². The van der Waals surface area contributed by atoms with Crippen molar-refractivity contribution in [3.8, 4) is 0 Å². The molecule has 1 rings (SSSR count). The summed E-state index contributed by atoms with van der Waals surface area (Å²) in [6, 6.07) is -1.40. The molecule has 0 unspecified atom stereocenters. The molecule has 0 saturated carbocycles. The van der Waals surface area contributed by atoms with Gasteiger partial charge in [-0.05, 0) is 6.92 Å². The van der Waals surface area contributed by atoms with Crippen molar-refractivity contribution < 1.29 is 19.4 Å². The highest BCUT2D eigenvalue weighted by Gasteiger charge is 2.42. The number of alkyl halides is 1. The first-order chi connectivity index (χ1) is 7.10. The van der Waals surface area contributed by atoms with Crippen LogP contribution >= 0.6 is 0 Å². The first kappa shape index (κ1) is 12.4. The molecule has 0 spiro atoms. The number of hydrogen-bond acceptors (Lipinski definition) is 4. The molecule has 4 N–H and O–H groups in total. The zero-order valence-electron chi connectivity index (χ0n) is 8.61. The summed E-state index contributed by atoms with van der Waals surface area (Å²) in [7, 11) is 0. The van der Waals surface area contributed by atoms with E-state index in [0.29, 0.717) is 6.54 Å². The van der Waals surface area contributed by atoms with Crippen LogP contribution in [0.25, 0.3) is 0 Å². The van der Waals surface area contributed by atoms with Gasteiger partial charge >= 0.3 is 0 Å². The zero-order valence-corrected chi connectivity index (χ0v) is 8.61. The van der Waals surface area contributed by atoms with E-state index < -0.39 is 24.4 Å². The number of rotatable bonds is 4. The molecule has 88 valence electrons. The van der Waals surface area contributed by atoms with Gasteiger partial charge in [0.15, 0.2) is 0 Å². The minimum absolute atomic E-state index is 0.0252. The molecule has 0 aromatic heterocycles. The Morgan fingerprint density at radius 3 is 2.67 bits per heavy atom. The maximum atomic E-state index is 13.4. The van der Waals surface area contributed by atoms with Crippen LogP contribution in [0.1, 0.15) is 13.3 Å². The van der Waals surface area contributed by atoms with E-state index in [1.165, 1.54) is 0 Å². The number of halogens is 1. The largest absolute Gasteiger partial charge is 0.395 e. The second-order valence-corrected chi connectivity index (χ2v) is 3.65. The Morgan fingerprint density at radius 1 is 1.53 bits per heavy atom. The highest BCUT2D eigenvalue weighted by molar-refractivity contribution is 5.76. The average molecular weight is 220 g/mol. The van der Waals surface area contributed by atoms with Gasteiger partial charge in [-0.25, -0.2) is 4.39 Å². The van der Waals surface area contributed by atoms with Gasteiger partial charge < -0.3 is 20.8 Å². The lowest BCUT2D eigenvalue weighted by atomic mass is 10.1. The summed E-state index contributed by atoms with van der Waals surface area (Å²) in [4.78, 5) is 11.2. The fraction of sp³-hybridized carbons (Fsp3) is 0.889. The van der Waals surface area contributed by atoms with Crippen LogP contribution in [-0.2, 0) is 4.79 Å². The van der Waals surface area contributed by atoms with Gasteiger partial charge in [0.1, 0.15) is 12.3 Å². The van der Waals surface area contributed by atoms with Crippen LogP contribution in [0.4, 0.5) is 4.39 Å². The van der Waals surface area contributed by atoms with Gasteiger partial charge in [-0.1, -0.05) is 0 Å². The van der Waals surface area contributed by atoms with Gasteiger partial charge in [-0.15, -0.1) is 0 Å². The lowest BCUT2D eigenvalue weighted by Crippen LogP contribution is -2.38. The third kappa shape index (κ3) is 2.87. The molecule has 0 aromatic carbocycles. The van der Waals surface area contributed by atoms with Crippen LogP contribution in [0.15, 0.2) is 0 Å². The predicted molar refractivity (Wildman–Crippen MR) is 52.0 cm³/mol. The smallest absolute Gasteiger partial charge is 0.221 e. The van der Waals surface area contributed by atoms with E-state index in [1.54, 1.807) is 6.92 Å². The summed E-state index contributed by atoms with van der Waals surface area (Å²) in [5.41, 5.74) is 0. The monoisotopic (exact) mass is 220 g/mol. The normalized spacial score (nSPS) is 35.5. The van der Waals surface area contributed by atoms with Gasteiger partial charge in [0.2, 0.25) is 5.91 Å². The Kier molecular flexibility index (Phi) is 4.44. The summed E-state index contributed by atoms with van der Waals surface area (Å²) in [5.74, 6) is -0.261. The molecule has 0 aromatic rings. The Hall–Kier alpha value is -0.720. The van der Waals surface area contributed by atoms with Gasteiger partial charge in [-0.3, -0.25) is 4.79 Å². The first-order valence-electron chi connectivity index (χ1n) is 5.05. The molecular formula is C9H17FN2O3. The van der Waals surface area contributed by atoms with Crippen molar-refractivity contribution in [2.24, 2.45) is 0 Å². The molecule has 1 aliphatic rings. The molecule has 4 atom stereocenters. The highest BCUT2D eigenvalue weighted by Crippen LogP contribution is 2.19. The van der Waals surface area contributed by atoms with Crippen LogP contribution in [0.2, 0.25) is 0 Å². The van der Waals surface area contributed by atoms with Crippen LogP contribution in [0.3, 0.4) is 0 Å². The lowest BCUT2D eigenvalue weighted by molar-refractivity contribution is -0.121. The predicted octanol–water partition coefficient (Wildman–Crippen LogP) is -1.46. The molecule has 1 saturated heterocycles. The van der Waals surface area contributed by atoms with Crippen molar-refractivity contribution in [1.29, 1.82) is 0 Å². The van der Waals surface area contributed by atoms with E-state index in [2.05, 4.69) is 10.6 Å². The van der Waals surface area contributed by atoms with Gasteiger partial charge in [0, 0.05) is 19.0 Å². The molecule has 15 heavy (non-hydrogen) atoms. The van der Waals surface area contributed by atoms with Gasteiger partial charge in [-0.2, -0.15) is 0 Å². The molecule has 0 aliphatic carbocycles.